The Morgan fingerprint density at radius 3 is 2.26 bits per heavy atom. The van der Waals surface area contributed by atoms with E-state index in [2.05, 4.69) is 0 Å². The van der Waals surface area contributed by atoms with Crippen molar-refractivity contribution in [2.24, 2.45) is 17.8 Å². The fraction of sp³-hybridized carbons (Fsp3) is 0.652. The van der Waals surface area contributed by atoms with Crippen molar-refractivity contribution in [1.29, 1.82) is 0 Å². The highest BCUT2D eigenvalue weighted by Gasteiger charge is 2.54. The molecule has 194 valence electrons. The average Bonchev–Trinajstić information content (AvgIpc) is 3.10. The second kappa shape index (κ2) is 11.1. The maximum Gasteiger partial charge on any atom is 0.337 e. The van der Waals surface area contributed by atoms with E-state index in [4.69, 9.17) is 33.2 Å². The summed E-state index contributed by atoms with van der Waals surface area (Å²) >= 11 is 0. The number of carbonyl (C=O) groups is 4. The lowest BCUT2D eigenvalue weighted by Crippen LogP contribution is -2.51. The molecule has 12 heteroatoms. The molecule has 2 aliphatic heterocycles. The van der Waals surface area contributed by atoms with Gasteiger partial charge in [0.1, 0.15) is 18.5 Å². The summed E-state index contributed by atoms with van der Waals surface area (Å²) in [6.45, 7) is 4.97. The van der Waals surface area contributed by atoms with Crippen molar-refractivity contribution in [2.45, 2.75) is 65.0 Å². The van der Waals surface area contributed by atoms with Crippen LogP contribution in [-0.2, 0) is 52.3 Å². The van der Waals surface area contributed by atoms with Crippen LogP contribution in [0.5, 0.6) is 0 Å². The van der Waals surface area contributed by atoms with Crippen LogP contribution in [0.3, 0.4) is 0 Å². The average molecular weight is 498 g/mol. The largest absolute Gasteiger partial charge is 0.471 e. The molecule has 1 fully saturated rings. The number of carbonyl (C=O) groups excluding carboxylic acids is 4. The highest BCUT2D eigenvalue weighted by molar-refractivity contribution is 5.89. The van der Waals surface area contributed by atoms with E-state index in [1.165, 1.54) is 40.2 Å². The Bertz CT molecular complexity index is 908. The van der Waals surface area contributed by atoms with Gasteiger partial charge in [0.05, 0.1) is 18.9 Å². The minimum atomic E-state index is -1.32. The van der Waals surface area contributed by atoms with Gasteiger partial charge >= 0.3 is 23.9 Å². The van der Waals surface area contributed by atoms with E-state index in [1.807, 2.05) is 6.92 Å². The fourth-order valence-corrected chi connectivity index (χ4v) is 4.76. The summed E-state index contributed by atoms with van der Waals surface area (Å²) in [6, 6.07) is 0. The molecule has 8 atom stereocenters. The van der Waals surface area contributed by atoms with Crippen molar-refractivity contribution in [3.63, 3.8) is 0 Å². The zero-order chi connectivity index (χ0) is 25.9. The second-order valence-electron chi connectivity index (χ2n) is 8.56. The van der Waals surface area contributed by atoms with Crippen LogP contribution in [0.4, 0.5) is 0 Å². The van der Waals surface area contributed by atoms with Gasteiger partial charge in [0.2, 0.25) is 18.7 Å². The Hall–Kier alpha value is -3.12. The van der Waals surface area contributed by atoms with Gasteiger partial charge in [0.25, 0.3) is 0 Å². The Kier molecular flexibility index (Phi) is 8.39. The molecule has 1 aliphatic carbocycles. The Morgan fingerprint density at radius 2 is 1.69 bits per heavy atom. The van der Waals surface area contributed by atoms with E-state index in [0.717, 1.165) is 0 Å². The molecule has 0 saturated heterocycles. The van der Waals surface area contributed by atoms with E-state index in [0.29, 0.717) is 6.42 Å². The molecule has 3 aliphatic rings. The van der Waals surface area contributed by atoms with Crippen molar-refractivity contribution in [3.05, 3.63) is 23.7 Å². The molecule has 3 rings (SSSR count). The molecule has 0 amide bonds. The van der Waals surface area contributed by atoms with Gasteiger partial charge in [-0.2, -0.15) is 0 Å². The summed E-state index contributed by atoms with van der Waals surface area (Å²) < 4.78 is 38.4. The molecular weight excluding hydrogens is 468 g/mol. The summed E-state index contributed by atoms with van der Waals surface area (Å²) in [5, 5.41) is 9.63. The van der Waals surface area contributed by atoms with Crippen LogP contribution < -0.4 is 0 Å². The first kappa shape index (κ1) is 26.5. The van der Waals surface area contributed by atoms with E-state index in [9.17, 15) is 24.3 Å². The molecule has 0 unspecified atom stereocenters. The summed E-state index contributed by atoms with van der Waals surface area (Å²) in [6.07, 6.45) is -2.26. The van der Waals surface area contributed by atoms with Crippen LogP contribution >= 0.6 is 0 Å². The first-order chi connectivity index (χ1) is 16.5. The van der Waals surface area contributed by atoms with Gasteiger partial charge in [-0.25, -0.2) is 4.79 Å². The van der Waals surface area contributed by atoms with Crippen molar-refractivity contribution in [2.75, 3.05) is 13.7 Å². The number of methoxy groups -OCH3 is 1. The minimum absolute atomic E-state index is 0.0417. The summed E-state index contributed by atoms with van der Waals surface area (Å²) in [7, 11) is 1.25. The molecule has 0 radical (unpaired) electrons. The number of aliphatic hydroxyl groups is 1. The Morgan fingerprint density at radius 1 is 1.03 bits per heavy atom. The summed E-state index contributed by atoms with van der Waals surface area (Å²) in [5.74, 6) is -3.52. The lowest BCUT2D eigenvalue weighted by atomic mass is 9.83. The number of hydrogen-bond acceptors (Lipinski definition) is 12. The molecule has 12 nitrogen and oxygen atoms in total. The minimum Gasteiger partial charge on any atom is -0.471 e. The highest BCUT2D eigenvalue weighted by Crippen LogP contribution is 2.48. The van der Waals surface area contributed by atoms with Gasteiger partial charge in [0.15, 0.2) is 6.10 Å². The third-order valence-electron chi connectivity index (χ3n) is 6.16. The van der Waals surface area contributed by atoms with E-state index < -0.39 is 73.2 Å². The third kappa shape index (κ3) is 5.93. The lowest BCUT2D eigenvalue weighted by molar-refractivity contribution is -0.290. The van der Waals surface area contributed by atoms with Crippen LogP contribution in [0.15, 0.2) is 23.7 Å². The Balaban J connectivity index is 1.92. The molecular formula is C23H30O12. The van der Waals surface area contributed by atoms with Crippen LogP contribution in [0, 0.1) is 17.8 Å². The molecule has 35 heavy (non-hydrogen) atoms. The molecule has 0 bridgehead atoms. The Labute approximate surface area is 202 Å². The van der Waals surface area contributed by atoms with Gasteiger partial charge in [-0.3, -0.25) is 19.1 Å². The van der Waals surface area contributed by atoms with Gasteiger partial charge in [-0.05, 0) is 6.42 Å². The fourth-order valence-electron chi connectivity index (χ4n) is 4.76. The molecule has 0 aromatic rings. The molecule has 0 spiro atoms. The number of rotatable bonds is 7. The SMILES string of the molecule is COC(=O)C1=CO[C@@H](O[C@@H]2OC(CO)=C[C@H](OC(C)=O)[C@H]2OC(C)=O)[C@@H]2[C@@H](C)[C@@H](OC(C)=O)C[C@H]12. The number of ether oxygens (including phenoxy) is 7. The first-order valence-electron chi connectivity index (χ1n) is 11.1. The topological polar surface area (TPSA) is 153 Å². The summed E-state index contributed by atoms with van der Waals surface area (Å²) in [5.41, 5.74) is 0.272. The van der Waals surface area contributed by atoms with E-state index in [1.54, 1.807) is 0 Å². The standard InChI is InChI=1S/C23H30O12/c1-10-17(31-11(2)25)7-15-16(21(28)29-5)9-30-22(19(10)15)35-23-20(33-13(4)27)18(32-12(3)26)6-14(8-24)34-23/h6,9-10,15,17-20,22-24H,7-8H2,1-5H3/t10-,15+,17-,18-,19+,20+,22-,23-/m0/s1. The van der Waals surface area contributed by atoms with Crippen LogP contribution in [-0.4, -0.2) is 73.6 Å². The third-order valence-corrected chi connectivity index (χ3v) is 6.16. The quantitative estimate of drug-likeness (QED) is 0.388. The van der Waals surface area contributed by atoms with Crippen LogP contribution in [0.1, 0.15) is 34.1 Å². The zero-order valence-electron chi connectivity index (χ0n) is 20.1. The van der Waals surface area contributed by atoms with Crippen molar-refractivity contribution in [3.8, 4) is 0 Å². The van der Waals surface area contributed by atoms with Crippen molar-refractivity contribution < 1.29 is 57.4 Å². The molecule has 0 aromatic carbocycles. The van der Waals surface area contributed by atoms with Crippen molar-refractivity contribution >= 4 is 23.9 Å². The van der Waals surface area contributed by atoms with Gasteiger partial charge < -0.3 is 33.5 Å². The lowest BCUT2D eigenvalue weighted by Gasteiger charge is -2.40. The van der Waals surface area contributed by atoms with Gasteiger partial charge in [-0.15, -0.1) is 0 Å². The molecule has 1 saturated carbocycles. The van der Waals surface area contributed by atoms with E-state index >= 15 is 0 Å². The normalized spacial score (nSPS) is 33.7. The van der Waals surface area contributed by atoms with E-state index in [-0.39, 0.29) is 17.3 Å². The number of fused-ring (bicyclic) bond motifs is 1. The second-order valence-corrected chi connectivity index (χ2v) is 8.56. The predicted octanol–water partition coefficient (Wildman–Crippen LogP) is 0.716. The van der Waals surface area contributed by atoms with Gasteiger partial charge in [-0.1, -0.05) is 6.92 Å². The van der Waals surface area contributed by atoms with Crippen LogP contribution in [0.25, 0.3) is 0 Å². The van der Waals surface area contributed by atoms with Crippen molar-refractivity contribution in [1.82, 2.24) is 0 Å². The summed E-state index contributed by atoms with van der Waals surface area (Å²) in [4.78, 5) is 47.4. The number of esters is 4. The molecule has 2 heterocycles. The highest BCUT2D eigenvalue weighted by atomic mass is 16.8. The van der Waals surface area contributed by atoms with Crippen LogP contribution in [0.2, 0.25) is 0 Å². The van der Waals surface area contributed by atoms with Gasteiger partial charge in [0, 0.05) is 44.6 Å². The smallest absolute Gasteiger partial charge is 0.337 e. The monoisotopic (exact) mass is 498 g/mol. The number of hydrogen-bond donors (Lipinski definition) is 1. The maximum absolute atomic E-state index is 12.4. The molecule has 0 aromatic heterocycles. The maximum atomic E-state index is 12.4. The first-order valence-corrected chi connectivity index (χ1v) is 11.1. The molecule has 1 N–H and O–H groups in total. The zero-order valence-corrected chi connectivity index (χ0v) is 20.1. The predicted molar refractivity (Wildman–Crippen MR) is 114 cm³/mol. The number of aliphatic hydroxyl groups excluding tert-OH is 1.